The molecule has 40 heavy (non-hydrogen) atoms. The quantitative estimate of drug-likeness (QED) is 0.421. The predicted octanol–water partition coefficient (Wildman–Crippen LogP) is 4.95. The van der Waals surface area contributed by atoms with Crippen LogP contribution in [0.25, 0.3) is 0 Å². The maximum Gasteiger partial charge on any atom is 0.410 e. The van der Waals surface area contributed by atoms with Gasteiger partial charge in [0, 0.05) is 44.3 Å². The van der Waals surface area contributed by atoms with Gasteiger partial charge in [-0.2, -0.15) is 0 Å². The monoisotopic (exact) mass is 591 g/mol. The molecule has 0 saturated carbocycles. The van der Waals surface area contributed by atoms with Crippen LogP contribution < -0.4 is 10.2 Å². The standard InChI is InChI=1S/C29H39Cl2N5O4/c1-20(2)35(28(39)40-29(3,4)5)13-14-36(25-12-11-23(30)15-24(25)31)27(38)17-32-16-26(37)33(6)34-18-21-9-7-8-10-22(21)19-34/h7-12,15,20,32H,13-14,16-19H2,1-6H3. The lowest BCUT2D eigenvalue weighted by Gasteiger charge is -2.32. The fourth-order valence-electron chi connectivity index (χ4n) is 4.34. The molecule has 11 heteroatoms. The Bertz CT molecular complexity index is 1190. The highest BCUT2D eigenvalue weighted by Crippen LogP contribution is 2.29. The van der Waals surface area contributed by atoms with Crippen LogP contribution in [0.3, 0.4) is 0 Å². The Morgan fingerprint density at radius 1 is 0.975 bits per heavy atom. The van der Waals surface area contributed by atoms with Gasteiger partial charge in [-0.25, -0.2) is 9.80 Å². The number of nitrogens with one attached hydrogen (secondary N) is 1. The van der Waals surface area contributed by atoms with Crippen LogP contribution in [-0.4, -0.2) is 77.7 Å². The number of fused-ring (bicyclic) bond motifs is 1. The summed E-state index contributed by atoms with van der Waals surface area (Å²) in [4.78, 5) is 42.2. The minimum atomic E-state index is -0.652. The molecule has 9 nitrogen and oxygen atoms in total. The zero-order chi connectivity index (χ0) is 29.6. The Hall–Kier alpha value is -2.85. The number of anilines is 1. The summed E-state index contributed by atoms with van der Waals surface area (Å²) in [6, 6.07) is 12.8. The summed E-state index contributed by atoms with van der Waals surface area (Å²) >= 11 is 12.6. The normalized spacial score (nSPS) is 13.2. The second kappa shape index (κ2) is 13.7. The maximum atomic E-state index is 13.4. The van der Waals surface area contributed by atoms with E-state index in [0.717, 1.165) is 0 Å². The first-order chi connectivity index (χ1) is 18.8. The van der Waals surface area contributed by atoms with Gasteiger partial charge >= 0.3 is 6.09 Å². The molecule has 0 radical (unpaired) electrons. The van der Waals surface area contributed by atoms with Gasteiger partial charge < -0.3 is 14.5 Å². The minimum Gasteiger partial charge on any atom is -0.444 e. The Morgan fingerprint density at radius 2 is 1.57 bits per heavy atom. The third-order valence-corrected chi connectivity index (χ3v) is 7.02. The molecule has 3 amide bonds. The highest BCUT2D eigenvalue weighted by Gasteiger charge is 2.28. The summed E-state index contributed by atoms with van der Waals surface area (Å²) in [5.74, 6) is -0.464. The van der Waals surface area contributed by atoms with Crippen LogP contribution in [0.1, 0.15) is 45.7 Å². The molecule has 0 unspecified atom stereocenters. The number of carbonyl (C=O) groups is 3. The van der Waals surface area contributed by atoms with Crippen LogP contribution in [0.2, 0.25) is 10.0 Å². The molecule has 1 aliphatic heterocycles. The molecule has 1 heterocycles. The van der Waals surface area contributed by atoms with Crippen LogP contribution in [0.4, 0.5) is 10.5 Å². The average molecular weight is 593 g/mol. The van der Waals surface area contributed by atoms with E-state index in [-0.39, 0.29) is 44.0 Å². The SMILES string of the molecule is CC(C)N(CCN(C(=O)CNCC(=O)N(C)N1Cc2ccccc2C1)c1ccc(Cl)cc1Cl)C(=O)OC(C)(C)C. The first-order valence-electron chi connectivity index (χ1n) is 13.3. The number of rotatable bonds is 10. The van der Waals surface area contributed by atoms with Gasteiger partial charge in [0.25, 0.3) is 5.91 Å². The summed E-state index contributed by atoms with van der Waals surface area (Å²) in [5, 5.41) is 7.27. The molecule has 0 saturated heterocycles. The van der Waals surface area contributed by atoms with Crippen molar-refractivity contribution in [2.75, 3.05) is 38.1 Å². The van der Waals surface area contributed by atoms with E-state index in [2.05, 4.69) is 17.4 Å². The molecule has 0 atom stereocenters. The maximum absolute atomic E-state index is 13.4. The van der Waals surface area contributed by atoms with Gasteiger partial charge in [0.2, 0.25) is 5.91 Å². The second-order valence-corrected chi connectivity index (χ2v) is 11.9. The van der Waals surface area contributed by atoms with Crippen LogP contribution in [0.5, 0.6) is 0 Å². The van der Waals surface area contributed by atoms with Gasteiger partial charge in [-0.3, -0.25) is 19.9 Å². The lowest BCUT2D eigenvalue weighted by Crippen LogP contribution is -2.49. The summed E-state index contributed by atoms with van der Waals surface area (Å²) in [6.07, 6.45) is -0.465. The fraction of sp³-hybridized carbons (Fsp3) is 0.483. The van der Waals surface area contributed by atoms with Crippen molar-refractivity contribution in [1.82, 2.24) is 20.2 Å². The van der Waals surface area contributed by atoms with E-state index in [1.807, 2.05) is 31.0 Å². The number of ether oxygens (including phenoxy) is 1. The number of amides is 3. The molecule has 0 aromatic heterocycles. The molecule has 0 bridgehead atoms. The zero-order valence-electron chi connectivity index (χ0n) is 24.0. The molecular formula is C29H39Cl2N5O4. The lowest BCUT2D eigenvalue weighted by atomic mass is 10.1. The van der Waals surface area contributed by atoms with Gasteiger partial charge in [0.15, 0.2) is 0 Å². The van der Waals surface area contributed by atoms with Crippen molar-refractivity contribution in [1.29, 1.82) is 0 Å². The Labute approximate surface area is 246 Å². The van der Waals surface area contributed by atoms with Crippen molar-refractivity contribution in [2.24, 2.45) is 0 Å². The molecule has 0 fully saturated rings. The Kier molecular flexibility index (Phi) is 10.8. The van der Waals surface area contributed by atoms with Crippen molar-refractivity contribution in [3.8, 4) is 0 Å². The molecule has 1 N–H and O–H groups in total. The van der Waals surface area contributed by atoms with Crippen LogP contribution in [-0.2, 0) is 27.4 Å². The third-order valence-electron chi connectivity index (χ3n) is 6.48. The number of benzene rings is 2. The molecule has 218 valence electrons. The molecule has 0 aliphatic carbocycles. The van der Waals surface area contributed by atoms with E-state index in [1.165, 1.54) is 16.0 Å². The van der Waals surface area contributed by atoms with Gasteiger partial charge in [-0.1, -0.05) is 47.5 Å². The van der Waals surface area contributed by atoms with Crippen LogP contribution >= 0.6 is 23.2 Å². The van der Waals surface area contributed by atoms with E-state index >= 15 is 0 Å². The summed E-state index contributed by atoms with van der Waals surface area (Å²) in [6.45, 7) is 10.8. The number of hydrazine groups is 1. The minimum absolute atomic E-state index is 0.0205. The largest absolute Gasteiger partial charge is 0.444 e. The molecule has 3 rings (SSSR count). The number of carbonyl (C=O) groups excluding carboxylic acids is 3. The second-order valence-electron chi connectivity index (χ2n) is 11.0. The molecule has 0 spiro atoms. The first-order valence-corrected chi connectivity index (χ1v) is 14.1. The third kappa shape index (κ3) is 8.57. The van der Waals surface area contributed by atoms with Crippen molar-refractivity contribution >= 4 is 46.8 Å². The number of halogens is 2. The van der Waals surface area contributed by atoms with Crippen LogP contribution in [0.15, 0.2) is 42.5 Å². The summed E-state index contributed by atoms with van der Waals surface area (Å²) < 4.78 is 5.56. The lowest BCUT2D eigenvalue weighted by molar-refractivity contribution is -0.145. The number of hydrogen-bond acceptors (Lipinski definition) is 6. The molecule has 1 aliphatic rings. The summed E-state index contributed by atoms with van der Waals surface area (Å²) in [7, 11) is 1.73. The number of likely N-dealkylation sites (N-methyl/N-ethyl adjacent to an activating group) is 1. The zero-order valence-corrected chi connectivity index (χ0v) is 25.6. The highest BCUT2D eigenvalue weighted by atomic mass is 35.5. The summed E-state index contributed by atoms with van der Waals surface area (Å²) in [5.41, 5.74) is 2.20. The van der Waals surface area contributed by atoms with Crippen molar-refractivity contribution in [3.05, 3.63) is 63.6 Å². The van der Waals surface area contributed by atoms with Crippen LogP contribution in [0, 0.1) is 0 Å². The predicted molar refractivity (Wildman–Crippen MR) is 158 cm³/mol. The van der Waals surface area contributed by atoms with Crippen molar-refractivity contribution in [3.63, 3.8) is 0 Å². The highest BCUT2D eigenvalue weighted by molar-refractivity contribution is 6.36. The van der Waals surface area contributed by atoms with E-state index in [1.54, 1.807) is 55.9 Å². The van der Waals surface area contributed by atoms with Gasteiger partial charge in [0.05, 0.1) is 23.8 Å². The molecular weight excluding hydrogens is 553 g/mol. The Balaban J connectivity index is 1.64. The average Bonchev–Trinajstić information content (AvgIpc) is 3.29. The van der Waals surface area contributed by atoms with E-state index in [4.69, 9.17) is 27.9 Å². The van der Waals surface area contributed by atoms with Gasteiger partial charge in [0.1, 0.15) is 5.60 Å². The molecule has 2 aromatic carbocycles. The topological polar surface area (TPSA) is 85.4 Å². The van der Waals surface area contributed by atoms with Gasteiger partial charge in [-0.05, 0) is 63.9 Å². The van der Waals surface area contributed by atoms with Crippen molar-refractivity contribution < 1.29 is 19.1 Å². The first kappa shape index (κ1) is 31.7. The van der Waals surface area contributed by atoms with Crippen molar-refractivity contribution in [2.45, 2.75) is 59.4 Å². The van der Waals surface area contributed by atoms with Gasteiger partial charge in [-0.15, -0.1) is 0 Å². The number of hydrogen-bond donors (Lipinski definition) is 1. The van der Waals surface area contributed by atoms with E-state index in [0.29, 0.717) is 28.8 Å². The fourth-order valence-corrected chi connectivity index (χ4v) is 4.85. The van der Waals surface area contributed by atoms with E-state index in [9.17, 15) is 14.4 Å². The number of nitrogens with zero attached hydrogens (tertiary/aromatic N) is 4. The Morgan fingerprint density at radius 3 is 2.12 bits per heavy atom. The van der Waals surface area contributed by atoms with E-state index < -0.39 is 11.7 Å². The molecule has 2 aromatic rings. The smallest absolute Gasteiger partial charge is 0.410 e.